The number of benzene rings is 1. The van der Waals surface area contributed by atoms with Gasteiger partial charge in [0.1, 0.15) is 10.9 Å². The number of fused-ring (bicyclic) bond motifs is 3. The van der Waals surface area contributed by atoms with E-state index in [4.69, 9.17) is 16.6 Å². The first-order chi connectivity index (χ1) is 14.5. The number of thiophene rings is 1. The Morgan fingerprint density at radius 1 is 1.40 bits per heavy atom. The fourth-order valence-corrected chi connectivity index (χ4v) is 5.98. The van der Waals surface area contributed by atoms with Gasteiger partial charge in [0.2, 0.25) is 5.91 Å². The Bertz CT molecular complexity index is 1240. The number of nitrogens with zero attached hydrogens (tertiary/aromatic N) is 3. The summed E-state index contributed by atoms with van der Waals surface area (Å²) >= 11 is 8.80. The number of carbonyl (C=O) groups excluding carboxylic acids is 1. The van der Waals surface area contributed by atoms with Crippen molar-refractivity contribution < 1.29 is 4.79 Å². The highest BCUT2D eigenvalue weighted by molar-refractivity contribution is 7.99. The van der Waals surface area contributed by atoms with Gasteiger partial charge in [0.05, 0.1) is 22.4 Å². The van der Waals surface area contributed by atoms with Crippen molar-refractivity contribution in [1.82, 2.24) is 9.55 Å². The van der Waals surface area contributed by atoms with E-state index in [1.807, 2.05) is 13.0 Å². The van der Waals surface area contributed by atoms with Crippen LogP contribution in [0.15, 0.2) is 28.2 Å². The molecule has 9 heteroatoms. The molecule has 2 heterocycles. The van der Waals surface area contributed by atoms with Crippen LogP contribution in [0.25, 0.3) is 10.2 Å². The van der Waals surface area contributed by atoms with Gasteiger partial charge in [-0.15, -0.1) is 11.3 Å². The molecule has 0 atom stereocenters. The van der Waals surface area contributed by atoms with Crippen LogP contribution in [0.5, 0.6) is 0 Å². The van der Waals surface area contributed by atoms with Crippen molar-refractivity contribution >= 4 is 56.5 Å². The SMILES string of the molecule is CCn1c(SCC(=O)Nc2cc(Cl)ccc2C#N)nc2sc3c(c2c1=O)CCCC3. The monoisotopic (exact) mass is 458 g/mol. The van der Waals surface area contributed by atoms with Gasteiger partial charge in [-0.05, 0) is 56.4 Å². The number of nitrogens with one attached hydrogen (secondary N) is 1. The molecule has 6 nitrogen and oxygen atoms in total. The highest BCUT2D eigenvalue weighted by Gasteiger charge is 2.22. The molecule has 30 heavy (non-hydrogen) atoms. The van der Waals surface area contributed by atoms with E-state index in [2.05, 4.69) is 5.32 Å². The summed E-state index contributed by atoms with van der Waals surface area (Å²) in [5, 5.41) is 13.7. The topological polar surface area (TPSA) is 87.8 Å². The Balaban J connectivity index is 1.58. The molecule has 3 aromatic rings. The third-order valence-electron chi connectivity index (χ3n) is 5.06. The van der Waals surface area contributed by atoms with Crippen molar-refractivity contribution in [2.45, 2.75) is 44.3 Å². The van der Waals surface area contributed by atoms with Crippen LogP contribution in [0, 0.1) is 11.3 Å². The number of halogens is 1. The minimum Gasteiger partial charge on any atom is -0.324 e. The smallest absolute Gasteiger partial charge is 0.263 e. The molecular weight excluding hydrogens is 440 g/mol. The zero-order chi connectivity index (χ0) is 21.3. The van der Waals surface area contributed by atoms with Crippen molar-refractivity contribution in [3.63, 3.8) is 0 Å². The van der Waals surface area contributed by atoms with Crippen LogP contribution in [0.2, 0.25) is 5.02 Å². The predicted molar refractivity (Wildman–Crippen MR) is 122 cm³/mol. The first-order valence-corrected chi connectivity index (χ1v) is 11.9. The molecule has 1 aliphatic rings. The van der Waals surface area contributed by atoms with Crippen LogP contribution in [0.1, 0.15) is 35.8 Å². The molecule has 0 radical (unpaired) electrons. The van der Waals surface area contributed by atoms with E-state index in [9.17, 15) is 14.9 Å². The Morgan fingerprint density at radius 3 is 2.97 bits per heavy atom. The summed E-state index contributed by atoms with van der Waals surface area (Å²) in [4.78, 5) is 32.4. The van der Waals surface area contributed by atoms with Crippen LogP contribution in [-0.2, 0) is 24.2 Å². The lowest BCUT2D eigenvalue weighted by atomic mass is 9.97. The van der Waals surface area contributed by atoms with Crippen molar-refractivity contribution in [2.24, 2.45) is 0 Å². The normalized spacial score (nSPS) is 13.1. The molecule has 0 aliphatic heterocycles. The number of rotatable bonds is 5. The van der Waals surface area contributed by atoms with Gasteiger partial charge in [0.25, 0.3) is 5.56 Å². The zero-order valence-corrected chi connectivity index (χ0v) is 18.7. The summed E-state index contributed by atoms with van der Waals surface area (Å²) < 4.78 is 1.64. The van der Waals surface area contributed by atoms with Gasteiger partial charge < -0.3 is 5.32 Å². The Kier molecular flexibility index (Phi) is 6.14. The number of amides is 1. The number of hydrogen-bond donors (Lipinski definition) is 1. The molecule has 0 saturated carbocycles. The lowest BCUT2D eigenvalue weighted by Crippen LogP contribution is -2.24. The number of aromatic nitrogens is 2. The number of thioether (sulfide) groups is 1. The van der Waals surface area contributed by atoms with E-state index < -0.39 is 0 Å². The lowest BCUT2D eigenvalue weighted by Gasteiger charge is -2.12. The Hall–Kier alpha value is -2.34. The zero-order valence-electron chi connectivity index (χ0n) is 16.3. The number of hydrogen-bond acceptors (Lipinski definition) is 6. The van der Waals surface area contributed by atoms with Gasteiger partial charge in [-0.25, -0.2) is 4.98 Å². The van der Waals surface area contributed by atoms with Crippen molar-refractivity contribution in [3.8, 4) is 6.07 Å². The standard InChI is InChI=1S/C21H19ClN4O2S2/c1-2-26-20(28)18-14-5-3-4-6-16(14)30-19(18)25-21(26)29-11-17(27)24-15-9-13(22)8-7-12(15)10-23/h7-9H,2-6,11H2,1H3,(H,24,27). The molecule has 2 aromatic heterocycles. The second kappa shape index (κ2) is 8.80. The van der Waals surface area contributed by atoms with Gasteiger partial charge in [0, 0.05) is 16.4 Å². The Morgan fingerprint density at radius 2 is 2.20 bits per heavy atom. The molecule has 0 bridgehead atoms. The summed E-state index contributed by atoms with van der Waals surface area (Å²) in [6, 6.07) is 6.75. The summed E-state index contributed by atoms with van der Waals surface area (Å²) in [6.07, 6.45) is 4.20. The Labute approximate surface area is 186 Å². The first kappa shape index (κ1) is 20.9. The van der Waals surface area contributed by atoms with Gasteiger partial charge >= 0.3 is 0 Å². The predicted octanol–water partition coefficient (Wildman–Crippen LogP) is 4.61. The van der Waals surface area contributed by atoms with Gasteiger partial charge in [0.15, 0.2) is 5.16 Å². The maximum atomic E-state index is 13.1. The molecule has 0 unspecified atom stereocenters. The molecule has 1 aromatic carbocycles. The molecule has 1 amide bonds. The van der Waals surface area contributed by atoms with Crippen LogP contribution < -0.4 is 10.9 Å². The molecule has 0 spiro atoms. The summed E-state index contributed by atoms with van der Waals surface area (Å²) in [6.45, 7) is 2.40. The third kappa shape index (κ3) is 3.97. The minimum absolute atomic E-state index is 0.0218. The van der Waals surface area contributed by atoms with Crippen molar-refractivity contribution in [1.29, 1.82) is 5.26 Å². The lowest BCUT2D eigenvalue weighted by molar-refractivity contribution is -0.113. The van der Waals surface area contributed by atoms with E-state index >= 15 is 0 Å². The summed E-state index contributed by atoms with van der Waals surface area (Å²) in [5.41, 5.74) is 1.86. The molecule has 0 fully saturated rings. The van der Waals surface area contributed by atoms with Crippen molar-refractivity contribution in [3.05, 3.63) is 49.6 Å². The van der Waals surface area contributed by atoms with Crippen LogP contribution >= 0.6 is 34.7 Å². The van der Waals surface area contributed by atoms with Gasteiger partial charge in [-0.1, -0.05) is 23.4 Å². The maximum Gasteiger partial charge on any atom is 0.263 e. The summed E-state index contributed by atoms with van der Waals surface area (Å²) in [5.74, 6) is -0.221. The molecular formula is C21H19ClN4O2S2. The molecule has 1 aliphatic carbocycles. The second-order valence-electron chi connectivity index (χ2n) is 6.97. The molecule has 1 N–H and O–H groups in total. The molecule has 4 rings (SSSR count). The van der Waals surface area contributed by atoms with Gasteiger partial charge in [-0.2, -0.15) is 5.26 Å². The number of anilines is 1. The van der Waals surface area contributed by atoms with Crippen LogP contribution in [-0.4, -0.2) is 21.2 Å². The van der Waals surface area contributed by atoms with E-state index in [0.717, 1.165) is 35.9 Å². The van der Waals surface area contributed by atoms with E-state index in [0.29, 0.717) is 28.0 Å². The highest BCUT2D eigenvalue weighted by atomic mass is 35.5. The average Bonchev–Trinajstić information content (AvgIpc) is 3.11. The average molecular weight is 459 g/mol. The minimum atomic E-state index is -0.291. The fourth-order valence-electron chi connectivity index (χ4n) is 3.64. The second-order valence-corrected chi connectivity index (χ2v) is 9.44. The van der Waals surface area contributed by atoms with Crippen LogP contribution in [0.3, 0.4) is 0 Å². The van der Waals surface area contributed by atoms with Crippen LogP contribution in [0.4, 0.5) is 5.69 Å². The maximum absolute atomic E-state index is 13.1. The highest BCUT2D eigenvalue weighted by Crippen LogP contribution is 2.34. The van der Waals surface area contributed by atoms with Gasteiger partial charge in [-0.3, -0.25) is 14.2 Å². The number of aryl methyl sites for hydroxylation is 2. The summed E-state index contributed by atoms with van der Waals surface area (Å²) in [7, 11) is 0. The molecule has 0 saturated heterocycles. The van der Waals surface area contributed by atoms with E-state index in [-0.39, 0.29) is 17.2 Å². The van der Waals surface area contributed by atoms with E-state index in [1.165, 1.54) is 22.2 Å². The number of nitriles is 1. The quantitative estimate of drug-likeness (QED) is 0.445. The number of carbonyl (C=O) groups is 1. The van der Waals surface area contributed by atoms with E-state index in [1.54, 1.807) is 34.1 Å². The fraction of sp³-hybridized carbons (Fsp3) is 0.333. The first-order valence-electron chi connectivity index (χ1n) is 9.69. The van der Waals surface area contributed by atoms with Crippen molar-refractivity contribution in [2.75, 3.05) is 11.1 Å². The third-order valence-corrected chi connectivity index (χ3v) is 7.46. The molecule has 154 valence electrons. The largest absolute Gasteiger partial charge is 0.324 e.